The molecule has 1 aliphatic carbocycles. The van der Waals surface area contributed by atoms with Crippen LogP contribution in [0, 0.1) is 0 Å². The number of rotatable bonds is 5. The maximum Gasteiger partial charge on any atom is 0.408 e. The fraction of sp³-hybridized carbons (Fsp3) is 0.263. The molecule has 1 atom stereocenters. The molecule has 2 aromatic rings. The molecule has 0 aliphatic heterocycles. The highest BCUT2D eigenvalue weighted by Crippen LogP contribution is 2.45. The average molecular weight is 378 g/mol. The van der Waals surface area contributed by atoms with E-state index in [2.05, 4.69) is 0 Å². The van der Waals surface area contributed by atoms with E-state index in [1.807, 2.05) is 36.4 Å². The summed E-state index contributed by atoms with van der Waals surface area (Å²) < 4.78 is 38.6. The molecule has 0 heterocycles. The van der Waals surface area contributed by atoms with Crippen LogP contribution in [0.2, 0.25) is 0 Å². The SMILES string of the molecule is NC(=O)C(CC(F)(F)F)N(CC1c2ccccc2-c2ccccc21)C(=O)O. The first kappa shape index (κ1) is 18.8. The van der Waals surface area contributed by atoms with Crippen molar-refractivity contribution in [1.82, 2.24) is 4.90 Å². The van der Waals surface area contributed by atoms with Crippen molar-refractivity contribution in [3.8, 4) is 11.1 Å². The van der Waals surface area contributed by atoms with Gasteiger partial charge in [-0.2, -0.15) is 13.2 Å². The fourth-order valence-corrected chi connectivity index (χ4v) is 3.58. The number of carbonyl (C=O) groups is 2. The number of primary amides is 1. The number of nitrogens with zero attached hydrogens (tertiary/aromatic N) is 1. The van der Waals surface area contributed by atoms with E-state index >= 15 is 0 Å². The third kappa shape index (κ3) is 3.74. The Morgan fingerprint density at radius 2 is 1.52 bits per heavy atom. The highest BCUT2D eigenvalue weighted by molar-refractivity contribution is 5.84. The van der Waals surface area contributed by atoms with Gasteiger partial charge in [0.2, 0.25) is 5.91 Å². The van der Waals surface area contributed by atoms with Crippen LogP contribution in [0.15, 0.2) is 48.5 Å². The van der Waals surface area contributed by atoms with Gasteiger partial charge in [0.1, 0.15) is 6.04 Å². The zero-order chi connectivity index (χ0) is 19.8. The molecular formula is C19H17F3N2O3. The van der Waals surface area contributed by atoms with E-state index in [-0.39, 0.29) is 6.54 Å². The number of nitrogens with two attached hydrogens (primary N) is 1. The summed E-state index contributed by atoms with van der Waals surface area (Å²) in [6, 6.07) is 12.6. The molecule has 0 saturated carbocycles. The van der Waals surface area contributed by atoms with Crippen molar-refractivity contribution in [2.24, 2.45) is 5.73 Å². The molecule has 2 aromatic carbocycles. The van der Waals surface area contributed by atoms with Gasteiger partial charge in [-0.1, -0.05) is 48.5 Å². The number of amides is 2. The van der Waals surface area contributed by atoms with Gasteiger partial charge in [-0.3, -0.25) is 9.69 Å². The van der Waals surface area contributed by atoms with Crippen LogP contribution in [0.1, 0.15) is 23.5 Å². The second kappa shape index (κ2) is 6.94. The zero-order valence-electron chi connectivity index (χ0n) is 14.1. The summed E-state index contributed by atoms with van der Waals surface area (Å²) >= 11 is 0. The van der Waals surface area contributed by atoms with E-state index in [1.165, 1.54) is 0 Å². The minimum Gasteiger partial charge on any atom is -0.465 e. The summed E-state index contributed by atoms with van der Waals surface area (Å²) in [4.78, 5) is 23.8. The largest absolute Gasteiger partial charge is 0.465 e. The molecule has 0 bridgehead atoms. The number of hydrogen-bond acceptors (Lipinski definition) is 2. The topological polar surface area (TPSA) is 83.6 Å². The highest BCUT2D eigenvalue weighted by Gasteiger charge is 2.41. The number of halogens is 3. The first-order chi connectivity index (χ1) is 12.7. The van der Waals surface area contributed by atoms with Crippen molar-refractivity contribution in [2.75, 3.05) is 6.54 Å². The highest BCUT2D eigenvalue weighted by atomic mass is 19.4. The molecule has 1 aliphatic rings. The Hall–Kier alpha value is -3.03. The Morgan fingerprint density at radius 3 is 1.93 bits per heavy atom. The Labute approximate surface area is 153 Å². The number of benzene rings is 2. The lowest BCUT2D eigenvalue weighted by Gasteiger charge is -2.30. The lowest BCUT2D eigenvalue weighted by atomic mass is 9.95. The molecule has 3 rings (SSSR count). The fourth-order valence-electron chi connectivity index (χ4n) is 3.58. The summed E-state index contributed by atoms with van der Waals surface area (Å²) in [5, 5.41) is 9.50. The molecule has 27 heavy (non-hydrogen) atoms. The lowest BCUT2D eigenvalue weighted by Crippen LogP contribution is -2.50. The van der Waals surface area contributed by atoms with Gasteiger partial charge in [-0.15, -0.1) is 0 Å². The maximum atomic E-state index is 12.9. The predicted molar refractivity (Wildman–Crippen MR) is 92.1 cm³/mol. The second-order valence-corrected chi connectivity index (χ2v) is 6.40. The van der Waals surface area contributed by atoms with Crippen LogP contribution >= 0.6 is 0 Å². The number of alkyl halides is 3. The summed E-state index contributed by atoms with van der Waals surface area (Å²) in [6.45, 7) is -0.299. The first-order valence-corrected chi connectivity index (χ1v) is 8.23. The molecule has 0 radical (unpaired) electrons. The van der Waals surface area contributed by atoms with E-state index in [0.717, 1.165) is 22.3 Å². The molecule has 1 unspecified atom stereocenters. The van der Waals surface area contributed by atoms with Gasteiger partial charge in [0, 0.05) is 12.5 Å². The van der Waals surface area contributed by atoms with Crippen LogP contribution < -0.4 is 5.73 Å². The van der Waals surface area contributed by atoms with Crippen molar-refractivity contribution >= 4 is 12.0 Å². The molecule has 8 heteroatoms. The normalized spacial score (nSPS) is 14.3. The monoisotopic (exact) mass is 378 g/mol. The van der Waals surface area contributed by atoms with Gasteiger partial charge >= 0.3 is 12.3 Å². The third-order valence-corrected chi connectivity index (χ3v) is 4.72. The summed E-state index contributed by atoms with van der Waals surface area (Å²) in [7, 11) is 0. The molecule has 0 aromatic heterocycles. The molecular weight excluding hydrogens is 361 g/mol. The number of carbonyl (C=O) groups excluding carboxylic acids is 1. The minimum atomic E-state index is -4.72. The van der Waals surface area contributed by atoms with Crippen LogP contribution in [0.3, 0.4) is 0 Å². The quantitative estimate of drug-likeness (QED) is 0.834. The van der Waals surface area contributed by atoms with Crippen molar-refractivity contribution < 1.29 is 27.9 Å². The first-order valence-electron chi connectivity index (χ1n) is 8.23. The van der Waals surface area contributed by atoms with Gasteiger partial charge in [-0.05, 0) is 22.3 Å². The van der Waals surface area contributed by atoms with Crippen LogP contribution in [0.5, 0.6) is 0 Å². The zero-order valence-corrected chi connectivity index (χ0v) is 14.1. The molecule has 0 fully saturated rings. The standard InChI is InChI=1S/C19H17F3N2O3/c20-19(21,22)9-16(17(23)25)24(18(26)27)10-15-13-7-3-1-5-11(13)12-6-2-4-8-14(12)15/h1-8,15-16H,9-10H2,(H2,23,25)(H,26,27). The third-order valence-electron chi connectivity index (χ3n) is 4.72. The Kier molecular flexibility index (Phi) is 4.82. The van der Waals surface area contributed by atoms with Crippen molar-refractivity contribution in [3.63, 3.8) is 0 Å². The predicted octanol–water partition coefficient (Wildman–Crippen LogP) is 3.59. The number of carboxylic acid groups (broad SMARTS) is 1. The molecule has 5 nitrogen and oxygen atoms in total. The van der Waals surface area contributed by atoms with Crippen molar-refractivity contribution in [1.29, 1.82) is 0 Å². The van der Waals surface area contributed by atoms with Crippen LogP contribution in [-0.2, 0) is 4.79 Å². The molecule has 3 N–H and O–H groups in total. The van der Waals surface area contributed by atoms with Gasteiger partial charge < -0.3 is 10.8 Å². The van der Waals surface area contributed by atoms with E-state index in [4.69, 9.17) is 5.73 Å². The molecule has 0 saturated heterocycles. The molecule has 2 amide bonds. The molecule has 142 valence electrons. The Morgan fingerprint density at radius 1 is 1.04 bits per heavy atom. The summed E-state index contributed by atoms with van der Waals surface area (Å²) in [6.07, 6.45) is -7.96. The van der Waals surface area contributed by atoms with E-state index in [1.54, 1.807) is 12.1 Å². The van der Waals surface area contributed by atoms with Gasteiger partial charge in [0.25, 0.3) is 0 Å². The smallest absolute Gasteiger partial charge is 0.408 e. The van der Waals surface area contributed by atoms with E-state index in [0.29, 0.717) is 4.90 Å². The van der Waals surface area contributed by atoms with Crippen LogP contribution in [0.25, 0.3) is 11.1 Å². The van der Waals surface area contributed by atoms with Gasteiger partial charge in [0.05, 0.1) is 6.42 Å². The lowest BCUT2D eigenvalue weighted by molar-refractivity contribution is -0.154. The summed E-state index contributed by atoms with van der Waals surface area (Å²) in [5.74, 6) is -1.81. The Balaban J connectivity index is 2.00. The second-order valence-electron chi connectivity index (χ2n) is 6.40. The summed E-state index contributed by atoms with van der Waals surface area (Å²) in [5.41, 5.74) is 8.51. The molecule has 0 spiro atoms. The van der Waals surface area contributed by atoms with Crippen LogP contribution in [-0.4, -0.2) is 40.8 Å². The number of hydrogen-bond donors (Lipinski definition) is 2. The van der Waals surface area contributed by atoms with Crippen LogP contribution in [0.4, 0.5) is 18.0 Å². The van der Waals surface area contributed by atoms with Crippen molar-refractivity contribution in [3.05, 3.63) is 59.7 Å². The van der Waals surface area contributed by atoms with Crippen molar-refractivity contribution in [2.45, 2.75) is 24.6 Å². The van der Waals surface area contributed by atoms with E-state index in [9.17, 15) is 27.9 Å². The average Bonchev–Trinajstić information content (AvgIpc) is 2.91. The van der Waals surface area contributed by atoms with E-state index < -0.39 is 36.6 Å². The number of fused-ring (bicyclic) bond motifs is 3. The maximum absolute atomic E-state index is 12.9. The van der Waals surface area contributed by atoms with Gasteiger partial charge in [0.15, 0.2) is 0 Å². The van der Waals surface area contributed by atoms with Gasteiger partial charge in [-0.25, -0.2) is 4.79 Å². The Bertz CT molecular complexity index is 837. The minimum absolute atomic E-state index is 0.299.